The maximum absolute atomic E-state index is 9.69. The van der Waals surface area contributed by atoms with Crippen molar-refractivity contribution in [1.29, 1.82) is 0 Å². The second kappa shape index (κ2) is 6.25. The molecule has 0 fully saturated rings. The first-order valence-corrected chi connectivity index (χ1v) is 7.03. The summed E-state index contributed by atoms with van der Waals surface area (Å²) in [4.78, 5) is 2.32. The summed E-state index contributed by atoms with van der Waals surface area (Å²) in [5.41, 5.74) is 2.27. The van der Waals surface area contributed by atoms with E-state index in [0.29, 0.717) is 0 Å². The predicted octanol–water partition coefficient (Wildman–Crippen LogP) is 2.80. The van der Waals surface area contributed by atoms with Crippen LogP contribution in [0.1, 0.15) is 25.1 Å². The van der Waals surface area contributed by atoms with E-state index in [1.54, 1.807) is 0 Å². The fourth-order valence-electron chi connectivity index (χ4n) is 2.24. The molecule has 0 saturated heterocycles. The van der Waals surface area contributed by atoms with Gasteiger partial charge in [-0.25, -0.2) is 0 Å². The fourth-order valence-corrected chi connectivity index (χ4v) is 2.24. The molecule has 0 aliphatic heterocycles. The van der Waals surface area contributed by atoms with Crippen LogP contribution in [0, 0.1) is 0 Å². The molecule has 0 saturated carbocycles. The first-order valence-electron chi connectivity index (χ1n) is 7.03. The molecular weight excluding hydrogens is 248 g/mol. The van der Waals surface area contributed by atoms with Crippen molar-refractivity contribution in [2.24, 2.45) is 7.05 Å². The van der Waals surface area contributed by atoms with Crippen molar-refractivity contribution < 1.29 is 5.11 Å². The number of aliphatic hydroxyl groups excluding tert-OH is 1. The SMILES string of the molecule is Cn1cccc1CN(Cc1ccccc1)C(C)(C)CO. The van der Waals surface area contributed by atoms with E-state index >= 15 is 0 Å². The Morgan fingerprint density at radius 1 is 1.05 bits per heavy atom. The number of hydrogen-bond acceptors (Lipinski definition) is 2. The zero-order valence-corrected chi connectivity index (χ0v) is 12.6. The van der Waals surface area contributed by atoms with Gasteiger partial charge in [-0.15, -0.1) is 0 Å². The number of aliphatic hydroxyl groups is 1. The van der Waals surface area contributed by atoms with Gasteiger partial charge in [-0.2, -0.15) is 0 Å². The Labute approximate surface area is 121 Å². The minimum absolute atomic E-state index is 0.143. The van der Waals surface area contributed by atoms with Crippen molar-refractivity contribution in [2.75, 3.05) is 6.61 Å². The Hall–Kier alpha value is -1.58. The molecule has 20 heavy (non-hydrogen) atoms. The van der Waals surface area contributed by atoms with Gasteiger partial charge in [0.1, 0.15) is 0 Å². The van der Waals surface area contributed by atoms with Gasteiger partial charge in [0, 0.05) is 37.6 Å². The molecule has 1 N–H and O–H groups in total. The number of rotatable bonds is 6. The van der Waals surface area contributed by atoms with Crippen molar-refractivity contribution in [3.63, 3.8) is 0 Å². The average Bonchev–Trinajstić information content (AvgIpc) is 2.85. The summed E-state index contributed by atoms with van der Waals surface area (Å²) in [6.07, 6.45) is 2.06. The Morgan fingerprint density at radius 3 is 2.30 bits per heavy atom. The monoisotopic (exact) mass is 272 g/mol. The van der Waals surface area contributed by atoms with E-state index in [1.165, 1.54) is 11.3 Å². The Balaban J connectivity index is 2.19. The van der Waals surface area contributed by atoms with Crippen LogP contribution < -0.4 is 0 Å². The van der Waals surface area contributed by atoms with Crippen molar-refractivity contribution >= 4 is 0 Å². The van der Waals surface area contributed by atoms with Gasteiger partial charge in [0.2, 0.25) is 0 Å². The molecule has 0 aliphatic rings. The maximum atomic E-state index is 9.69. The molecule has 0 aliphatic carbocycles. The van der Waals surface area contributed by atoms with Crippen LogP contribution >= 0.6 is 0 Å². The number of aromatic nitrogens is 1. The summed E-state index contributed by atoms with van der Waals surface area (Å²) in [6.45, 7) is 5.97. The lowest BCUT2D eigenvalue weighted by atomic mass is 10.0. The molecule has 0 amide bonds. The summed E-state index contributed by atoms with van der Waals surface area (Å²) in [7, 11) is 2.06. The summed E-state index contributed by atoms with van der Waals surface area (Å²) in [6, 6.07) is 14.6. The molecule has 108 valence electrons. The smallest absolute Gasteiger partial charge is 0.0610 e. The van der Waals surface area contributed by atoms with Crippen LogP contribution in [0.4, 0.5) is 0 Å². The largest absolute Gasteiger partial charge is 0.394 e. The van der Waals surface area contributed by atoms with E-state index in [4.69, 9.17) is 0 Å². The topological polar surface area (TPSA) is 28.4 Å². The van der Waals surface area contributed by atoms with Crippen molar-refractivity contribution in [3.05, 3.63) is 59.9 Å². The molecule has 3 heteroatoms. The highest BCUT2D eigenvalue weighted by atomic mass is 16.3. The summed E-state index contributed by atoms with van der Waals surface area (Å²) in [5.74, 6) is 0. The highest BCUT2D eigenvalue weighted by Gasteiger charge is 2.26. The van der Waals surface area contributed by atoms with Crippen LogP contribution in [-0.2, 0) is 20.1 Å². The van der Waals surface area contributed by atoms with Gasteiger partial charge in [-0.3, -0.25) is 4.90 Å². The summed E-state index contributed by atoms with van der Waals surface area (Å²) >= 11 is 0. The van der Waals surface area contributed by atoms with Gasteiger partial charge in [-0.05, 0) is 31.5 Å². The van der Waals surface area contributed by atoms with Crippen molar-refractivity contribution in [3.8, 4) is 0 Å². The highest BCUT2D eigenvalue weighted by molar-refractivity contribution is 5.15. The molecule has 1 aromatic heterocycles. The molecule has 3 nitrogen and oxygen atoms in total. The number of benzene rings is 1. The number of hydrogen-bond donors (Lipinski definition) is 1. The zero-order valence-electron chi connectivity index (χ0n) is 12.6. The quantitative estimate of drug-likeness (QED) is 0.876. The molecule has 2 rings (SSSR count). The van der Waals surface area contributed by atoms with E-state index < -0.39 is 0 Å². The minimum atomic E-state index is -0.250. The second-order valence-electron chi connectivity index (χ2n) is 5.92. The third-order valence-electron chi connectivity index (χ3n) is 3.86. The molecule has 1 heterocycles. The highest BCUT2D eigenvalue weighted by Crippen LogP contribution is 2.20. The van der Waals surface area contributed by atoms with E-state index in [1.807, 2.05) is 6.07 Å². The molecule has 0 radical (unpaired) electrons. The molecule has 2 aromatic rings. The lowest BCUT2D eigenvalue weighted by Gasteiger charge is -2.37. The predicted molar refractivity (Wildman–Crippen MR) is 82.3 cm³/mol. The van der Waals surface area contributed by atoms with Gasteiger partial charge in [0.05, 0.1) is 6.61 Å². The average molecular weight is 272 g/mol. The molecular formula is C17H24N2O. The third kappa shape index (κ3) is 3.50. The lowest BCUT2D eigenvalue weighted by molar-refractivity contribution is 0.0424. The molecule has 0 spiro atoms. The van der Waals surface area contributed by atoms with Gasteiger partial charge < -0.3 is 9.67 Å². The Kier molecular flexibility index (Phi) is 4.63. The minimum Gasteiger partial charge on any atom is -0.394 e. The zero-order chi connectivity index (χ0) is 14.6. The summed E-state index contributed by atoms with van der Waals surface area (Å²) in [5, 5.41) is 9.69. The van der Waals surface area contributed by atoms with E-state index in [9.17, 15) is 5.11 Å². The Bertz CT molecular complexity index is 531. The van der Waals surface area contributed by atoms with E-state index in [2.05, 4.69) is 73.0 Å². The van der Waals surface area contributed by atoms with E-state index in [0.717, 1.165) is 13.1 Å². The summed E-state index contributed by atoms with van der Waals surface area (Å²) < 4.78 is 2.13. The van der Waals surface area contributed by atoms with Crippen LogP contribution in [0.3, 0.4) is 0 Å². The third-order valence-corrected chi connectivity index (χ3v) is 3.86. The molecule has 0 unspecified atom stereocenters. The first-order chi connectivity index (χ1) is 9.53. The number of aryl methyl sites for hydroxylation is 1. The molecule has 0 atom stereocenters. The van der Waals surface area contributed by atoms with Crippen LogP contribution in [0.15, 0.2) is 48.7 Å². The lowest BCUT2D eigenvalue weighted by Crippen LogP contribution is -2.46. The van der Waals surface area contributed by atoms with E-state index in [-0.39, 0.29) is 12.1 Å². The van der Waals surface area contributed by atoms with Crippen LogP contribution in [0.5, 0.6) is 0 Å². The van der Waals surface area contributed by atoms with Gasteiger partial charge >= 0.3 is 0 Å². The molecule has 1 aromatic carbocycles. The fraction of sp³-hybridized carbons (Fsp3) is 0.412. The van der Waals surface area contributed by atoms with Gasteiger partial charge in [0.25, 0.3) is 0 Å². The van der Waals surface area contributed by atoms with Crippen LogP contribution in [0.2, 0.25) is 0 Å². The van der Waals surface area contributed by atoms with Crippen LogP contribution in [-0.4, -0.2) is 26.7 Å². The standard InChI is InChI=1S/C17H24N2O/c1-17(2,14-20)19(12-15-8-5-4-6-9-15)13-16-10-7-11-18(16)3/h4-11,20H,12-14H2,1-3H3. The van der Waals surface area contributed by atoms with Crippen molar-refractivity contribution in [2.45, 2.75) is 32.5 Å². The molecule has 0 bridgehead atoms. The van der Waals surface area contributed by atoms with Crippen LogP contribution in [0.25, 0.3) is 0 Å². The first kappa shape index (κ1) is 14.8. The van der Waals surface area contributed by atoms with Gasteiger partial charge in [0.15, 0.2) is 0 Å². The normalized spacial score (nSPS) is 12.1. The Morgan fingerprint density at radius 2 is 1.75 bits per heavy atom. The number of nitrogens with zero attached hydrogens (tertiary/aromatic N) is 2. The van der Waals surface area contributed by atoms with Crippen molar-refractivity contribution in [1.82, 2.24) is 9.47 Å². The van der Waals surface area contributed by atoms with Gasteiger partial charge in [-0.1, -0.05) is 30.3 Å². The maximum Gasteiger partial charge on any atom is 0.0610 e. The second-order valence-corrected chi connectivity index (χ2v) is 5.92.